The maximum absolute atomic E-state index is 9.09. The average Bonchev–Trinajstić information content (AvgIpc) is 2.39. The van der Waals surface area contributed by atoms with Crippen LogP contribution in [-0.2, 0) is 6.61 Å². The molecule has 1 aromatic rings. The summed E-state index contributed by atoms with van der Waals surface area (Å²) in [4.78, 5) is 1.28. The molecule has 0 fully saturated rings. The number of unbranched alkanes of at least 4 members (excludes halogenated alkanes) is 1. The molecule has 1 unspecified atom stereocenters. The molecular formula is C15H24OS. The maximum Gasteiger partial charge on any atom is 0.0682 e. The molecule has 0 heterocycles. The van der Waals surface area contributed by atoms with Gasteiger partial charge in [0.2, 0.25) is 0 Å². The van der Waals surface area contributed by atoms with Crippen LogP contribution < -0.4 is 0 Å². The highest BCUT2D eigenvalue weighted by Gasteiger charge is 2.06. The van der Waals surface area contributed by atoms with Crippen LogP contribution in [0.15, 0.2) is 29.2 Å². The molecule has 0 spiro atoms. The molecule has 1 rings (SSSR count). The van der Waals surface area contributed by atoms with Crippen molar-refractivity contribution < 1.29 is 5.11 Å². The molecule has 1 N–H and O–H groups in total. The first-order chi connectivity index (χ1) is 8.30. The smallest absolute Gasteiger partial charge is 0.0682 e. The average molecular weight is 252 g/mol. The third-order valence-corrected chi connectivity index (χ3v) is 4.34. The van der Waals surface area contributed by atoms with Crippen LogP contribution in [0.2, 0.25) is 0 Å². The topological polar surface area (TPSA) is 20.2 Å². The Balaban J connectivity index is 2.41. The lowest BCUT2D eigenvalue weighted by molar-refractivity contribution is 0.281. The lowest BCUT2D eigenvalue weighted by atomic mass is 10.0. The number of aliphatic hydroxyl groups is 1. The summed E-state index contributed by atoms with van der Waals surface area (Å²) in [7, 11) is 0. The van der Waals surface area contributed by atoms with E-state index in [0.29, 0.717) is 0 Å². The first kappa shape index (κ1) is 14.6. The van der Waals surface area contributed by atoms with Crippen molar-refractivity contribution in [2.45, 2.75) is 51.0 Å². The summed E-state index contributed by atoms with van der Waals surface area (Å²) in [6.07, 6.45) is 5.25. The molecule has 0 aliphatic carbocycles. The van der Waals surface area contributed by atoms with Crippen LogP contribution in [0.4, 0.5) is 0 Å². The van der Waals surface area contributed by atoms with Crippen LogP contribution in [0.1, 0.15) is 45.1 Å². The summed E-state index contributed by atoms with van der Waals surface area (Å²) < 4.78 is 0. The second-order valence-electron chi connectivity index (χ2n) is 4.53. The minimum absolute atomic E-state index is 0.140. The number of rotatable bonds is 8. The van der Waals surface area contributed by atoms with E-state index in [1.165, 1.54) is 36.3 Å². The van der Waals surface area contributed by atoms with Crippen molar-refractivity contribution in [2.75, 3.05) is 5.75 Å². The van der Waals surface area contributed by atoms with E-state index in [2.05, 4.69) is 26.0 Å². The largest absolute Gasteiger partial charge is 0.392 e. The third-order valence-electron chi connectivity index (χ3n) is 3.11. The van der Waals surface area contributed by atoms with Gasteiger partial charge in [-0.05, 0) is 30.0 Å². The zero-order valence-electron chi connectivity index (χ0n) is 11.0. The molecule has 0 aromatic heterocycles. The standard InChI is InChI=1S/C15H24OS/c1-3-5-7-13(4-2)12-17-15-9-6-8-14(10-15)11-16/h6,8-10,13,16H,3-5,7,11-12H2,1-2H3. The van der Waals surface area contributed by atoms with Gasteiger partial charge in [0.15, 0.2) is 0 Å². The quantitative estimate of drug-likeness (QED) is 0.688. The van der Waals surface area contributed by atoms with Gasteiger partial charge in [-0.15, -0.1) is 11.8 Å². The number of aliphatic hydroxyl groups excluding tert-OH is 1. The van der Waals surface area contributed by atoms with Gasteiger partial charge in [-0.25, -0.2) is 0 Å². The van der Waals surface area contributed by atoms with E-state index in [4.69, 9.17) is 5.11 Å². The fourth-order valence-electron chi connectivity index (χ4n) is 1.85. The van der Waals surface area contributed by atoms with Gasteiger partial charge in [-0.2, -0.15) is 0 Å². The van der Waals surface area contributed by atoms with E-state index in [0.717, 1.165) is 11.5 Å². The minimum atomic E-state index is 0.140. The molecule has 0 amide bonds. The summed E-state index contributed by atoms with van der Waals surface area (Å²) in [5.74, 6) is 2.03. The van der Waals surface area contributed by atoms with Gasteiger partial charge in [-0.1, -0.05) is 45.2 Å². The van der Waals surface area contributed by atoms with E-state index in [9.17, 15) is 0 Å². The fraction of sp³-hybridized carbons (Fsp3) is 0.600. The van der Waals surface area contributed by atoms with Gasteiger partial charge >= 0.3 is 0 Å². The summed E-state index contributed by atoms with van der Waals surface area (Å²) in [5.41, 5.74) is 1.01. The maximum atomic E-state index is 9.09. The molecule has 0 bridgehead atoms. The highest BCUT2D eigenvalue weighted by molar-refractivity contribution is 7.99. The van der Waals surface area contributed by atoms with Crippen molar-refractivity contribution in [2.24, 2.45) is 5.92 Å². The summed E-state index contributed by atoms with van der Waals surface area (Å²) in [6, 6.07) is 8.23. The third kappa shape index (κ3) is 5.60. The lowest BCUT2D eigenvalue weighted by Gasteiger charge is -2.13. The van der Waals surface area contributed by atoms with Crippen molar-refractivity contribution in [1.29, 1.82) is 0 Å². The van der Waals surface area contributed by atoms with Crippen LogP contribution in [0.25, 0.3) is 0 Å². The van der Waals surface area contributed by atoms with Gasteiger partial charge in [0.05, 0.1) is 6.61 Å². The van der Waals surface area contributed by atoms with Crippen molar-refractivity contribution in [3.05, 3.63) is 29.8 Å². The number of hydrogen-bond acceptors (Lipinski definition) is 2. The molecule has 2 heteroatoms. The van der Waals surface area contributed by atoms with Gasteiger partial charge in [0.1, 0.15) is 0 Å². The number of hydrogen-bond donors (Lipinski definition) is 1. The second-order valence-corrected chi connectivity index (χ2v) is 5.63. The Bertz CT molecular complexity index is 312. The monoisotopic (exact) mass is 252 g/mol. The molecule has 0 radical (unpaired) electrons. The Morgan fingerprint density at radius 2 is 2.12 bits per heavy atom. The van der Waals surface area contributed by atoms with Crippen LogP contribution in [0.5, 0.6) is 0 Å². The predicted molar refractivity (Wildman–Crippen MR) is 76.4 cm³/mol. The highest BCUT2D eigenvalue weighted by Crippen LogP contribution is 2.25. The molecule has 0 saturated heterocycles. The highest BCUT2D eigenvalue weighted by atomic mass is 32.2. The number of benzene rings is 1. The van der Waals surface area contributed by atoms with Crippen LogP contribution in [0, 0.1) is 5.92 Å². The minimum Gasteiger partial charge on any atom is -0.392 e. The normalized spacial score (nSPS) is 12.6. The van der Waals surface area contributed by atoms with E-state index >= 15 is 0 Å². The van der Waals surface area contributed by atoms with Crippen molar-refractivity contribution in [3.63, 3.8) is 0 Å². The fourth-order valence-corrected chi connectivity index (χ4v) is 3.09. The first-order valence-corrected chi connectivity index (χ1v) is 7.61. The van der Waals surface area contributed by atoms with Gasteiger partial charge in [0, 0.05) is 10.6 Å². The SMILES string of the molecule is CCCCC(CC)CSc1cccc(CO)c1. The zero-order valence-corrected chi connectivity index (χ0v) is 11.8. The lowest BCUT2D eigenvalue weighted by Crippen LogP contribution is -2.02. The summed E-state index contributed by atoms with van der Waals surface area (Å²) in [6.45, 7) is 4.68. The molecule has 96 valence electrons. The molecule has 0 aliphatic heterocycles. The van der Waals surface area contributed by atoms with Crippen LogP contribution in [0.3, 0.4) is 0 Å². The molecule has 17 heavy (non-hydrogen) atoms. The molecular weight excluding hydrogens is 228 g/mol. The molecule has 0 aliphatic rings. The molecule has 1 nitrogen and oxygen atoms in total. The van der Waals surface area contributed by atoms with Gasteiger partial charge in [0.25, 0.3) is 0 Å². The van der Waals surface area contributed by atoms with Gasteiger partial charge in [-0.3, -0.25) is 0 Å². The Morgan fingerprint density at radius 1 is 1.29 bits per heavy atom. The van der Waals surface area contributed by atoms with E-state index in [-0.39, 0.29) is 6.61 Å². The Labute approximate surface area is 110 Å². The summed E-state index contributed by atoms with van der Waals surface area (Å²) in [5, 5.41) is 9.09. The van der Waals surface area contributed by atoms with Crippen LogP contribution >= 0.6 is 11.8 Å². The predicted octanol–water partition coefficient (Wildman–Crippen LogP) is 4.49. The van der Waals surface area contributed by atoms with Crippen molar-refractivity contribution in [1.82, 2.24) is 0 Å². The van der Waals surface area contributed by atoms with Gasteiger partial charge < -0.3 is 5.11 Å². The molecule has 1 aromatic carbocycles. The first-order valence-electron chi connectivity index (χ1n) is 6.62. The second kappa shape index (κ2) is 8.60. The van der Waals surface area contributed by atoms with Crippen molar-refractivity contribution >= 4 is 11.8 Å². The Morgan fingerprint density at radius 3 is 2.76 bits per heavy atom. The van der Waals surface area contributed by atoms with Crippen molar-refractivity contribution in [3.8, 4) is 0 Å². The summed E-state index contributed by atoms with van der Waals surface area (Å²) >= 11 is 1.92. The number of thioether (sulfide) groups is 1. The van der Waals surface area contributed by atoms with E-state index in [1.54, 1.807) is 0 Å². The molecule has 1 atom stereocenters. The Hall–Kier alpha value is -0.470. The zero-order chi connectivity index (χ0) is 12.5. The molecule has 0 saturated carbocycles. The van der Waals surface area contributed by atoms with E-state index in [1.807, 2.05) is 23.9 Å². The Kier molecular flexibility index (Phi) is 7.38. The van der Waals surface area contributed by atoms with E-state index < -0.39 is 0 Å². The van der Waals surface area contributed by atoms with Crippen LogP contribution in [-0.4, -0.2) is 10.9 Å².